The smallest absolute Gasteiger partial charge is 0.209 e. The Hall–Kier alpha value is -3.41. The van der Waals surface area contributed by atoms with Crippen LogP contribution in [0.25, 0.3) is 11.3 Å². The van der Waals surface area contributed by atoms with Crippen LogP contribution in [0, 0.1) is 17.8 Å². The van der Waals surface area contributed by atoms with Gasteiger partial charge in [0.05, 0.1) is 6.04 Å². The van der Waals surface area contributed by atoms with Crippen molar-refractivity contribution in [3.63, 3.8) is 0 Å². The molecule has 3 N–H and O–H groups in total. The van der Waals surface area contributed by atoms with Gasteiger partial charge in [-0.05, 0) is 44.0 Å². The molecule has 8 heteroatoms. The lowest BCUT2D eigenvalue weighted by molar-refractivity contribution is -0.120. The van der Waals surface area contributed by atoms with E-state index in [1.165, 1.54) is 0 Å². The third-order valence-corrected chi connectivity index (χ3v) is 5.95. The highest BCUT2D eigenvalue weighted by Gasteiger charge is 2.30. The summed E-state index contributed by atoms with van der Waals surface area (Å²) in [4.78, 5) is 16.7. The molecule has 1 aliphatic carbocycles. The molecule has 166 valence electrons. The number of aliphatic hydroxyl groups is 1. The predicted molar refractivity (Wildman–Crippen MR) is 119 cm³/mol. The summed E-state index contributed by atoms with van der Waals surface area (Å²) in [6.45, 7) is 1.96. The van der Waals surface area contributed by atoms with E-state index in [1.54, 1.807) is 24.2 Å². The van der Waals surface area contributed by atoms with Crippen LogP contribution >= 0.6 is 0 Å². The second-order valence-corrected chi connectivity index (χ2v) is 8.18. The third kappa shape index (κ3) is 4.44. The molecule has 0 bridgehead atoms. The number of hydrogen-bond donors (Lipinski definition) is 2. The summed E-state index contributed by atoms with van der Waals surface area (Å²) < 4.78 is 7.39. The van der Waals surface area contributed by atoms with Crippen molar-refractivity contribution in [3.05, 3.63) is 59.8 Å². The van der Waals surface area contributed by atoms with E-state index in [9.17, 15) is 9.90 Å². The number of nitrogens with zero attached hydrogens (tertiary/aromatic N) is 4. The zero-order valence-corrected chi connectivity index (χ0v) is 18.2. The van der Waals surface area contributed by atoms with E-state index >= 15 is 0 Å². The van der Waals surface area contributed by atoms with Crippen LogP contribution < -0.4 is 5.73 Å². The number of amides is 1. The minimum atomic E-state index is -0.712. The van der Waals surface area contributed by atoms with Crippen LogP contribution in [0.1, 0.15) is 49.0 Å². The number of hydrogen-bond acceptors (Lipinski definition) is 6. The van der Waals surface area contributed by atoms with E-state index in [-0.39, 0.29) is 6.04 Å². The van der Waals surface area contributed by atoms with Gasteiger partial charge in [-0.2, -0.15) is 0 Å². The van der Waals surface area contributed by atoms with Gasteiger partial charge < -0.3 is 24.8 Å². The summed E-state index contributed by atoms with van der Waals surface area (Å²) >= 11 is 0. The van der Waals surface area contributed by atoms with Gasteiger partial charge in [0.15, 0.2) is 5.76 Å². The number of imidazole rings is 1. The molecule has 2 atom stereocenters. The molecule has 2 heterocycles. The fourth-order valence-corrected chi connectivity index (χ4v) is 3.90. The van der Waals surface area contributed by atoms with Crippen molar-refractivity contribution in [2.24, 2.45) is 11.7 Å². The summed E-state index contributed by atoms with van der Waals surface area (Å²) in [5, 5.41) is 14.2. The van der Waals surface area contributed by atoms with Crippen LogP contribution in [0.15, 0.2) is 47.2 Å². The van der Waals surface area contributed by atoms with E-state index in [1.807, 2.05) is 41.9 Å². The van der Waals surface area contributed by atoms with Crippen LogP contribution in [0.4, 0.5) is 0 Å². The molecule has 1 aromatic carbocycles. The zero-order valence-electron chi connectivity index (χ0n) is 18.2. The Morgan fingerprint density at radius 3 is 2.78 bits per heavy atom. The Labute approximate surface area is 187 Å². The fraction of sp³-hybridized carbons (Fsp3) is 0.375. The summed E-state index contributed by atoms with van der Waals surface area (Å²) in [5.74, 6) is 8.01. The monoisotopic (exact) mass is 433 g/mol. The van der Waals surface area contributed by atoms with E-state index in [0.717, 1.165) is 30.4 Å². The Balaban J connectivity index is 1.44. The molecule has 3 aromatic rings. The van der Waals surface area contributed by atoms with Gasteiger partial charge >= 0.3 is 0 Å². The lowest BCUT2D eigenvalue weighted by atomic mass is 9.80. The SMILES string of the molecule is C[C@H](O)c1nccn1[C@H](CN)c1cc(-c2ccc(C#CC3CC(N(C)C=O)C3)cc2)on1. The predicted octanol–water partition coefficient (Wildman–Crippen LogP) is 2.36. The molecule has 0 unspecified atom stereocenters. The first-order chi connectivity index (χ1) is 15.5. The molecule has 8 nitrogen and oxygen atoms in total. The van der Waals surface area contributed by atoms with Crippen molar-refractivity contribution in [2.75, 3.05) is 13.6 Å². The number of benzene rings is 1. The largest absolute Gasteiger partial charge is 0.385 e. The van der Waals surface area contributed by atoms with Gasteiger partial charge in [-0.15, -0.1) is 0 Å². The van der Waals surface area contributed by atoms with Gasteiger partial charge in [-0.3, -0.25) is 4.79 Å². The first-order valence-electron chi connectivity index (χ1n) is 10.7. The second kappa shape index (κ2) is 9.39. The molecule has 0 aliphatic heterocycles. The van der Waals surface area contributed by atoms with Crippen molar-refractivity contribution >= 4 is 6.41 Å². The average Bonchev–Trinajstić information content (AvgIpc) is 3.44. The van der Waals surface area contributed by atoms with E-state index < -0.39 is 6.10 Å². The van der Waals surface area contributed by atoms with Crippen molar-refractivity contribution in [3.8, 4) is 23.2 Å². The minimum absolute atomic E-state index is 0.283. The zero-order chi connectivity index (χ0) is 22.7. The highest BCUT2D eigenvalue weighted by Crippen LogP contribution is 2.30. The molecule has 1 aliphatic rings. The highest BCUT2D eigenvalue weighted by atomic mass is 16.5. The molecule has 0 spiro atoms. The van der Waals surface area contributed by atoms with Crippen molar-refractivity contribution in [1.82, 2.24) is 19.6 Å². The van der Waals surface area contributed by atoms with Crippen LogP contribution in [-0.4, -0.2) is 50.8 Å². The van der Waals surface area contributed by atoms with Gasteiger partial charge in [0.25, 0.3) is 0 Å². The fourth-order valence-electron chi connectivity index (χ4n) is 3.90. The minimum Gasteiger partial charge on any atom is -0.385 e. The molecule has 0 radical (unpaired) electrons. The van der Waals surface area contributed by atoms with Gasteiger partial charge in [0, 0.05) is 55.1 Å². The van der Waals surface area contributed by atoms with Crippen LogP contribution in [0.2, 0.25) is 0 Å². The first-order valence-corrected chi connectivity index (χ1v) is 10.7. The molecule has 2 aromatic heterocycles. The standard InChI is InChI=1S/C24H27N5O3/c1-16(31)24-26-9-10-29(24)22(14-25)21-13-23(32-27-21)19-7-5-17(6-8-19)3-4-18-11-20(12-18)28(2)15-30/h5-10,13,15-16,18,20,22,31H,11-12,14,25H2,1-2H3/t16-,18?,20?,22+/m0/s1. The van der Waals surface area contributed by atoms with Gasteiger partial charge in [0.1, 0.15) is 17.6 Å². The van der Waals surface area contributed by atoms with E-state index in [0.29, 0.717) is 35.8 Å². The summed E-state index contributed by atoms with van der Waals surface area (Å²) in [7, 11) is 1.81. The summed E-state index contributed by atoms with van der Waals surface area (Å²) in [6, 6.07) is 9.71. The van der Waals surface area contributed by atoms with Gasteiger partial charge in [0.2, 0.25) is 6.41 Å². The van der Waals surface area contributed by atoms with E-state index in [4.69, 9.17) is 10.3 Å². The van der Waals surface area contributed by atoms with Gasteiger partial charge in [-0.1, -0.05) is 17.0 Å². The lowest BCUT2D eigenvalue weighted by Gasteiger charge is -2.36. The van der Waals surface area contributed by atoms with Crippen molar-refractivity contribution < 1.29 is 14.4 Å². The quantitative estimate of drug-likeness (QED) is 0.437. The third-order valence-electron chi connectivity index (χ3n) is 5.95. The summed E-state index contributed by atoms with van der Waals surface area (Å²) in [6.07, 6.45) is 5.43. The van der Waals surface area contributed by atoms with Crippen LogP contribution in [0.5, 0.6) is 0 Å². The molecule has 1 fully saturated rings. The molecule has 0 saturated heterocycles. The highest BCUT2D eigenvalue weighted by molar-refractivity contribution is 5.59. The Morgan fingerprint density at radius 1 is 1.38 bits per heavy atom. The Kier molecular flexibility index (Phi) is 6.40. The van der Waals surface area contributed by atoms with Crippen LogP contribution in [-0.2, 0) is 4.79 Å². The molecular formula is C24H27N5O3. The molecular weight excluding hydrogens is 406 g/mol. The maximum Gasteiger partial charge on any atom is 0.209 e. The Morgan fingerprint density at radius 2 is 2.12 bits per heavy atom. The maximum absolute atomic E-state index is 10.8. The van der Waals surface area contributed by atoms with E-state index in [2.05, 4.69) is 22.0 Å². The second-order valence-electron chi connectivity index (χ2n) is 8.18. The number of nitrogens with two attached hydrogens (primary N) is 1. The molecule has 4 rings (SSSR count). The normalized spacial score (nSPS) is 19.4. The van der Waals surface area contributed by atoms with Crippen LogP contribution in [0.3, 0.4) is 0 Å². The van der Waals surface area contributed by atoms with Gasteiger partial charge in [-0.25, -0.2) is 4.98 Å². The van der Waals surface area contributed by atoms with Crippen molar-refractivity contribution in [2.45, 2.75) is 38.0 Å². The summed E-state index contributed by atoms with van der Waals surface area (Å²) in [5.41, 5.74) is 8.49. The average molecular weight is 434 g/mol. The number of carbonyl (C=O) groups excluding carboxylic acids is 1. The Bertz CT molecular complexity index is 1120. The number of aliphatic hydroxyl groups excluding tert-OH is 1. The molecule has 1 saturated carbocycles. The van der Waals surface area contributed by atoms with Crippen molar-refractivity contribution in [1.29, 1.82) is 0 Å². The molecule has 32 heavy (non-hydrogen) atoms. The number of carbonyl (C=O) groups is 1. The molecule has 1 amide bonds. The topological polar surface area (TPSA) is 110 Å². The number of aromatic nitrogens is 3. The first kappa shape index (κ1) is 21.8. The number of rotatable bonds is 7. The lowest BCUT2D eigenvalue weighted by Crippen LogP contribution is -2.41. The maximum atomic E-state index is 10.8.